The van der Waals surface area contributed by atoms with Crippen LogP contribution in [-0.2, 0) is 10.0 Å². The Hall–Kier alpha value is -2.85. The lowest BCUT2D eigenvalue weighted by molar-refractivity contribution is -0.384. The molecule has 0 heterocycles. The number of ether oxygens (including phenoxy) is 1. The Morgan fingerprint density at radius 2 is 1.62 bits per heavy atom. The van der Waals surface area contributed by atoms with Gasteiger partial charge < -0.3 is 35.6 Å². The number of sulfonamides is 1. The first-order chi connectivity index (χ1) is 15.9. The van der Waals surface area contributed by atoms with E-state index in [1.54, 1.807) is 37.4 Å². The molecule has 0 aliphatic carbocycles. The summed E-state index contributed by atoms with van der Waals surface area (Å²) < 4.78 is 30.4. The number of aliphatic hydroxyl groups is 5. The zero-order chi connectivity index (χ0) is 25.9. The molecule has 2 aromatic carbocycles. The highest BCUT2D eigenvalue weighted by atomic mass is 32.2. The van der Waals surface area contributed by atoms with Crippen LogP contribution in [0.5, 0.6) is 11.5 Å². The minimum absolute atomic E-state index is 0.0563. The Kier molecular flexibility index (Phi) is 11.8. The Balaban J connectivity index is 0.000000385. The number of nitrogens with one attached hydrogen (secondary N) is 2. The highest BCUT2D eigenvalue weighted by Crippen LogP contribution is 2.33. The van der Waals surface area contributed by atoms with Crippen molar-refractivity contribution in [2.24, 2.45) is 0 Å². The average molecular weight is 504 g/mol. The molecule has 0 spiro atoms. The van der Waals surface area contributed by atoms with Crippen molar-refractivity contribution in [3.05, 3.63) is 58.6 Å². The fourth-order valence-electron chi connectivity index (χ4n) is 2.50. The van der Waals surface area contributed by atoms with Gasteiger partial charge in [0.2, 0.25) is 10.0 Å². The molecule has 2 rings (SSSR count). The Labute approximate surface area is 196 Å². The number of likely N-dealkylation sites (N-methyl/N-ethyl adjacent to an activating group) is 1. The SMILES string of the molecule is CNC[C@H](O)[C@@H](O)[C@H](O)[C@H](O)CO.CS(=O)(=O)Nc1ccc([N+](=O)[O-])cc1Oc1ccccc1. The van der Waals surface area contributed by atoms with Crippen LogP contribution in [-0.4, -0.2) is 89.7 Å². The number of para-hydroxylation sites is 1. The molecule has 190 valence electrons. The summed E-state index contributed by atoms with van der Waals surface area (Å²) in [5, 5.41) is 58.3. The first-order valence-electron chi connectivity index (χ1n) is 9.86. The molecule has 0 aliphatic heterocycles. The molecule has 7 N–H and O–H groups in total. The predicted molar refractivity (Wildman–Crippen MR) is 123 cm³/mol. The molecule has 14 heteroatoms. The van der Waals surface area contributed by atoms with Crippen LogP contribution >= 0.6 is 0 Å². The summed E-state index contributed by atoms with van der Waals surface area (Å²) in [6.07, 6.45) is -4.66. The largest absolute Gasteiger partial charge is 0.455 e. The van der Waals surface area contributed by atoms with Crippen LogP contribution in [0.3, 0.4) is 0 Å². The molecule has 0 aromatic heterocycles. The molecule has 13 nitrogen and oxygen atoms in total. The van der Waals surface area contributed by atoms with Crippen molar-refractivity contribution in [1.29, 1.82) is 0 Å². The summed E-state index contributed by atoms with van der Waals surface area (Å²) in [5.74, 6) is 0.496. The molecule has 0 unspecified atom stereocenters. The van der Waals surface area contributed by atoms with E-state index in [-0.39, 0.29) is 23.7 Å². The average Bonchev–Trinajstić information content (AvgIpc) is 2.79. The lowest BCUT2D eigenvalue weighted by atomic mass is 10.0. The summed E-state index contributed by atoms with van der Waals surface area (Å²) in [5.41, 5.74) is -0.0630. The normalized spacial score (nSPS) is 14.7. The van der Waals surface area contributed by atoms with Gasteiger partial charge in [-0.1, -0.05) is 18.2 Å². The Morgan fingerprint density at radius 1 is 1.03 bits per heavy atom. The minimum atomic E-state index is -3.52. The molecule has 2 aromatic rings. The lowest BCUT2D eigenvalue weighted by Crippen LogP contribution is -2.48. The molecule has 0 saturated carbocycles. The van der Waals surface area contributed by atoms with Gasteiger partial charge in [-0.25, -0.2) is 8.42 Å². The van der Waals surface area contributed by atoms with Gasteiger partial charge in [-0.15, -0.1) is 0 Å². The molecule has 0 fully saturated rings. The zero-order valence-electron chi connectivity index (χ0n) is 18.5. The number of nitro groups is 1. The summed E-state index contributed by atoms with van der Waals surface area (Å²) in [4.78, 5) is 10.2. The van der Waals surface area contributed by atoms with Crippen LogP contribution in [0.1, 0.15) is 0 Å². The highest BCUT2D eigenvalue weighted by molar-refractivity contribution is 7.92. The third-order valence-corrected chi connectivity index (χ3v) is 4.77. The molecule has 0 radical (unpaired) electrons. The first-order valence-corrected chi connectivity index (χ1v) is 11.8. The van der Waals surface area contributed by atoms with E-state index in [2.05, 4.69) is 10.0 Å². The molecule has 0 saturated heterocycles. The number of benzene rings is 2. The third-order valence-electron chi connectivity index (χ3n) is 4.18. The first kappa shape index (κ1) is 29.2. The summed E-state index contributed by atoms with van der Waals surface area (Å²) in [6, 6.07) is 12.2. The predicted octanol–water partition coefficient (Wildman–Crippen LogP) is -0.600. The zero-order valence-corrected chi connectivity index (χ0v) is 19.3. The number of hydrogen-bond donors (Lipinski definition) is 7. The van der Waals surface area contributed by atoms with Crippen molar-refractivity contribution in [3.8, 4) is 11.5 Å². The van der Waals surface area contributed by atoms with Crippen molar-refractivity contribution >= 4 is 21.4 Å². The second kappa shape index (κ2) is 13.8. The van der Waals surface area contributed by atoms with Gasteiger partial charge in [0.15, 0.2) is 5.75 Å². The second-order valence-electron chi connectivity index (χ2n) is 7.08. The van der Waals surface area contributed by atoms with E-state index < -0.39 is 46.0 Å². The minimum Gasteiger partial charge on any atom is -0.455 e. The van der Waals surface area contributed by atoms with Gasteiger partial charge in [-0.05, 0) is 25.2 Å². The van der Waals surface area contributed by atoms with Crippen LogP contribution in [0.25, 0.3) is 0 Å². The van der Waals surface area contributed by atoms with Crippen LogP contribution in [0.4, 0.5) is 11.4 Å². The summed E-state index contributed by atoms with van der Waals surface area (Å²) in [7, 11) is -1.95. The van der Waals surface area contributed by atoms with Gasteiger partial charge in [-0.3, -0.25) is 14.8 Å². The van der Waals surface area contributed by atoms with Gasteiger partial charge in [0.25, 0.3) is 5.69 Å². The monoisotopic (exact) mass is 503 g/mol. The smallest absolute Gasteiger partial charge is 0.273 e. The fourth-order valence-corrected chi connectivity index (χ4v) is 3.07. The van der Waals surface area contributed by atoms with Crippen LogP contribution in [0, 0.1) is 10.1 Å². The van der Waals surface area contributed by atoms with E-state index in [9.17, 15) is 23.6 Å². The number of non-ortho nitro benzene ring substituents is 1. The van der Waals surface area contributed by atoms with Gasteiger partial charge in [0, 0.05) is 12.6 Å². The summed E-state index contributed by atoms with van der Waals surface area (Å²) >= 11 is 0. The standard InChI is InChI=1S/C13H12N2O5S.C7H17NO5/c1-21(18,19)14-12-8-7-10(15(16)17)9-13(12)20-11-5-3-2-4-6-11;1-8-2-4(10)6(12)7(13)5(11)3-9/h2-9,14H,1H3;4-13H,2-3H2,1H3/t;4-,5+,6+,7+/m.0/s1. The number of rotatable bonds is 11. The van der Waals surface area contributed by atoms with E-state index in [1.165, 1.54) is 18.2 Å². The maximum absolute atomic E-state index is 11.3. The van der Waals surface area contributed by atoms with Gasteiger partial charge in [-0.2, -0.15) is 0 Å². The topological polar surface area (TPSA) is 212 Å². The quantitative estimate of drug-likeness (QED) is 0.152. The van der Waals surface area contributed by atoms with Crippen molar-refractivity contribution < 1.29 is 43.6 Å². The molecule has 0 bridgehead atoms. The summed E-state index contributed by atoms with van der Waals surface area (Å²) in [6.45, 7) is -0.569. The van der Waals surface area contributed by atoms with Crippen molar-refractivity contribution in [2.75, 3.05) is 31.2 Å². The van der Waals surface area contributed by atoms with Crippen LogP contribution in [0.2, 0.25) is 0 Å². The van der Waals surface area contributed by atoms with E-state index in [0.717, 1.165) is 6.26 Å². The van der Waals surface area contributed by atoms with E-state index in [4.69, 9.17) is 25.2 Å². The molecule has 0 amide bonds. The van der Waals surface area contributed by atoms with Gasteiger partial charge in [0.05, 0.1) is 35.6 Å². The van der Waals surface area contributed by atoms with E-state index in [0.29, 0.717) is 5.75 Å². The van der Waals surface area contributed by atoms with Crippen molar-refractivity contribution in [2.45, 2.75) is 24.4 Å². The number of hydrogen-bond acceptors (Lipinski definition) is 11. The highest BCUT2D eigenvalue weighted by Gasteiger charge is 2.29. The third kappa shape index (κ3) is 9.96. The molecule has 4 atom stereocenters. The fraction of sp³-hybridized carbons (Fsp3) is 0.400. The maximum Gasteiger partial charge on any atom is 0.273 e. The molecular formula is C20H29N3O10S. The Bertz CT molecular complexity index is 1010. The van der Waals surface area contributed by atoms with Crippen molar-refractivity contribution in [3.63, 3.8) is 0 Å². The molecule has 34 heavy (non-hydrogen) atoms. The van der Waals surface area contributed by atoms with Crippen LogP contribution < -0.4 is 14.8 Å². The Morgan fingerprint density at radius 3 is 2.12 bits per heavy atom. The number of anilines is 1. The van der Waals surface area contributed by atoms with Crippen LogP contribution in [0.15, 0.2) is 48.5 Å². The van der Waals surface area contributed by atoms with Gasteiger partial charge in [0.1, 0.15) is 24.1 Å². The van der Waals surface area contributed by atoms with E-state index >= 15 is 0 Å². The number of nitro benzene ring substituents is 1. The maximum atomic E-state index is 11.3. The second-order valence-corrected chi connectivity index (χ2v) is 8.83. The number of nitrogens with zero attached hydrogens (tertiary/aromatic N) is 1. The van der Waals surface area contributed by atoms with E-state index in [1.807, 2.05) is 0 Å². The molecular weight excluding hydrogens is 474 g/mol. The lowest BCUT2D eigenvalue weighted by Gasteiger charge is -2.25. The van der Waals surface area contributed by atoms with Crippen molar-refractivity contribution in [1.82, 2.24) is 5.32 Å². The number of aliphatic hydroxyl groups excluding tert-OH is 5. The van der Waals surface area contributed by atoms with Gasteiger partial charge >= 0.3 is 0 Å². The molecule has 0 aliphatic rings.